The number of aryl methyl sites for hydroxylation is 1. The maximum atomic E-state index is 13.3. The molecule has 212 valence electrons. The van der Waals surface area contributed by atoms with Gasteiger partial charge in [0.15, 0.2) is 0 Å². The Labute approximate surface area is 239 Å². The van der Waals surface area contributed by atoms with Crippen molar-refractivity contribution in [3.63, 3.8) is 0 Å². The molecule has 41 heavy (non-hydrogen) atoms. The number of rotatable bonds is 7. The standard InChI is InChI=1S/C28H22ClF3N4O4S/c1-2-26-34-23-15-20(28(30,31)32)21(29)16-25(23)35(26)18-10-8-17(9-11-18)12-14-40-27(37)36(41(38)39)24-7-3-6-22-19(24)5-4-13-33-22/h3-11,13,15-16,41H,2,12,14H2,1H3. The zero-order valence-corrected chi connectivity index (χ0v) is 23.1. The molecule has 0 N–H and O–H groups in total. The van der Waals surface area contributed by atoms with Crippen molar-refractivity contribution in [2.75, 3.05) is 10.9 Å². The predicted octanol–water partition coefficient (Wildman–Crippen LogP) is 6.52. The average molecular weight is 603 g/mol. The van der Waals surface area contributed by atoms with E-state index in [1.54, 1.807) is 59.3 Å². The molecular weight excluding hydrogens is 581 g/mol. The van der Waals surface area contributed by atoms with Crippen LogP contribution in [0.25, 0.3) is 27.6 Å². The average Bonchev–Trinajstić information content (AvgIpc) is 3.30. The lowest BCUT2D eigenvalue weighted by Crippen LogP contribution is -2.30. The Balaban J connectivity index is 1.32. The number of carbonyl (C=O) groups is 1. The van der Waals surface area contributed by atoms with E-state index in [9.17, 15) is 26.4 Å². The van der Waals surface area contributed by atoms with Crippen molar-refractivity contribution >= 4 is 56.2 Å². The summed E-state index contributed by atoms with van der Waals surface area (Å²) >= 11 is 5.97. The quantitative estimate of drug-likeness (QED) is 0.213. The van der Waals surface area contributed by atoms with Crippen molar-refractivity contribution in [1.29, 1.82) is 0 Å². The number of fused-ring (bicyclic) bond motifs is 2. The Morgan fingerprint density at radius 2 is 1.80 bits per heavy atom. The van der Waals surface area contributed by atoms with Crippen LogP contribution in [0.15, 0.2) is 72.9 Å². The Morgan fingerprint density at radius 3 is 2.49 bits per heavy atom. The number of thiol groups is 1. The first-order valence-electron chi connectivity index (χ1n) is 12.4. The molecule has 0 spiro atoms. The van der Waals surface area contributed by atoms with Gasteiger partial charge in [0.2, 0.25) is 10.9 Å². The van der Waals surface area contributed by atoms with E-state index < -0.39 is 33.7 Å². The van der Waals surface area contributed by atoms with Gasteiger partial charge in [0.05, 0.1) is 39.4 Å². The molecule has 0 aliphatic heterocycles. The molecule has 8 nitrogen and oxygen atoms in total. The molecule has 5 aromatic rings. The van der Waals surface area contributed by atoms with Crippen LogP contribution < -0.4 is 4.31 Å². The number of alkyl halides is 3. The minimum Gasteiger partial charge on any atom is -0.448 e. The molecule has 0 aliphatic rings. The fourth-order valence-corrected chi connectivity index (χ4v) is 5.35. The van der Waals surface area contributed by atoms with Crippen molar-refractivity contribution in [3.8, 4) is 5.69 Å². The monoisotopic (exact) mass is 602 g/mol. The van der Waals surface area contributed by atoms with E-state index in [4.69, 9.17) is 16.3 Å². The highest BCUT2D eigenvalue weighted by molar-refractivity contribution is 7.75. The van der Waals surface area contributed by atoms with Gasteiger partial charge in [-0.25, -0.2) is 18.2 Å². The zero-order valence-electron chi connectivity index (χ0n) is 21.4. The highest BCUT2D eigenvalue weighted by Gasteiger charge is 2.34. The molecule has 0 unspecified atom stereocenters. The van der Waals surface area contributed by atoms with Gasteiger partial charge in [-0.1, -0.05) is 36.7 Å². The van der Waals surface area contributed by atoms with Crippen molar-refractivity contribution in [2.45, 2.75) is 25.9 Å². The van der Waals surface area contributed by atoms with E-state index >= 15 is 0 Å². The fraction of sp³-hybridized carbons (Fsp3) is 0.179. The van der Waals surface area contributed by atoms with Crippen LogP contribution in [0.4, 0.5) is 23.7 Å². The van der Waals surface area contributed by atoms with Crippen molar-refractivity contribution in [2.24, 2.45) is 0 Å². The van der Waals surface area contributed by atoms with Gasteiger partial charge in [0.1, 0.15) is 5.82 Å². The summed E-state index contributed by atoms with van der Waals surface area (Å²) in [5, 5.41) is 0.0667. The number of aromatic nitrogens is 3. The summed E-state index contributed by atoms with van der Waals surface area (Å²) in [7, 11) is -3.33. The van der Waals surface area contributed by atoms with Gasteiger partial charge < -0.3 is 4.74 Å². The van der Waals surface area contributed by atoms with Crippen LogP contribution in [0.3, 0.4) is 0 Å². The van der Waals surface area contributed by atoms with Crippen LogP contribution in [0, 0.1) is 0 Å². The minimum atomic E-state index is -4.60. The molecule has 0 atom stereocenters. The molecular formula is C28H22ClF3N4O4S. The van der Waals surface area contributed by atoms with Gasteiger partial charge in [-0.2, -0.15) is 17.5 Å². The molecule has 5 rings (SSSR count). The molecule has 0 saturated carbocycles. The Bertz CT molecular complexity index is 1830. The third-order valence-corrected chi connectivity index (χ3v) is 7.45. The number of hydrogen-bond acceptors (Lipinski definition) is 6. The van der Waals surface area contributed by atoms with Gasteiger partial charge in [0, 0.05) is 30.1 Å². The second-order valence-electron chi connectivity index (χ2n) is 8.96. The molecule has 2 heterocycles. The Hall–Kier alpha value is -4.16. The predicted molar refractivity (Wildman–Crippen MR) is 150 cm³/mol. The fourth-order valence-electron chi connectivity index (χ4n) is 4.54. The van der Waals surface area contributed by atoms with Crippen LogP contribution >= 0.6 is 11.6 Å². The van der Waals surface area contributed by atoms with Gasteiger partial charge in [-0.15, -0.1) is 0 Å². The van der Waals surface area contributed by atoms with E-state index in [1.807, 2.05) is 6.92 Å². The second kappa shape index (κ2) is 11.4. The SMILES string of the molecule is CCc1nc2cc(C(F)(F)F)c(Cl)cc2n1-c1ccc(CCOC(=O)N(c2cccc3ncccc23)[SH](=O)=O)cc1. The summed E-state index contributed by atoms with van der Waals surface area (Å²) in [5.41, 5.74) is 1.80. The summed E-state index contributed by atoms with van der Waals surface area (Å²) in [6, 6.07) is 17.4. The maximum Gasteiger partial charge on any atom is 0.428 e. The first-order valence-corrected chi connectivity index (χ1v) is 13.9. The molecule has 13 heteroatoms. The second-order valence-corrected chi connectivity index (χ2v) is 10.2. The summed E-state index contributed by atoms with van der Waals surface area (Å²) in [4.78, 5) is 21.3. The smallest absolute Gasteiger partial charge is 0.428 e. The van der Waals surface area contributed by atoms with E-state index in [2.05, 4.69) is 9.97 Å². The van der Waals surface area contributed by atoms with Crippen LogP contribution in [-0.4, -0.2) is 35.7 Å². The van der Waals surface area contributed by atoms with Crippen LogP contribution in [0.5, 0.6) is 0 Å². The molecule has 0 aliphatic carbocycles. The lowest BCUT2D eigenvalue weighted by atomic mass is 10.1. The first-order chi connectivity index (χ1) is 19.6. The van der Waals surface area contributed by atoms with Gasteiger partial charge in [0.25, 0.3) is 0 Å². The largest absolute Gasteiger partial charge is 0.448 e. The van der Waals surface area contributed by atoms with Crippen molar-refractivity contribution < 1.29 is 31.1 Å². The number of imidazole rings is 1. The van der Waals surface area contributed by atoms with Crippen molar-refractivity contribution in [3.05, 3.63) is 94.9 Å². The number of ether oxygens (including phenoxy) is 1. The third-order valence-electron chi connectivity index (χ3n) is 6.43. The lowest BCUT2D eigenvalue weighted by Gasteiger charge is -2.17. The van der Waals surface area contributed by atoms with E-state index in [1.165, 1.54) is 12.1 Å². The molecule has 3 aromatic carbocycles. The van der Waals surface area contributed by atoms with E-state index in [0.29, 0.717) is 45.1 Å². The summed E-state index contributed by atoms with van der Waals surface area (Å²) in [6.45, 7) is 1.76. The number of pyridine rings is 1. The van der Waals surface area contributed by atoms with Gasteiger partial charge in [-0.3, -0.25) is 9.55 Å². The highest BCUT2D eigenvalue weighted by Crippen LogP contribution is 2.38. The number of hydrogen-bond donors (Lipinski definition) is 1. The summed E-state index contributed by atoms with van der Waals surface area (Å²) in [6.07, 6.45) is -3.32. The minimum absolute atomic E-state index is 0.0923. The molecule has 0 bridgehead atoms. The van der Waals surface area contributed by atoms with E-state index in [-0.39, 0.29) is 17.8 Å². The number of benzene rings is 3. The lowest BCUT2D eigenvalue weighted by molar-refractivity contribution is -0.137. The van der Waals surface area contributed by atoms with E-state index in [0.717, 1.165) is 11.6 Å². The van der Waals surface area contributed by atoms with Crippen LogP contribution in [0.2, 0.25) is 5.02 Å². The topological polar surface area (TPSA) is 94.4 Å². The number of halogens is 4. The van der Waals surface area contributed by atoms with Gasteiger partial charge in [-0.05, 0) is 54.1 Å². The molecule has 0 fully saturated rings. The Morgan fingerprint density at radius 1 is 1.05 bits per heavy atom. The Kier molecular flexibility index (Phi) is 7.87. The highest BCUT2D eigenvalue weighted by atomic mass is 35.5. The number of nitrogens with zero attached hydrogens (tertiary/aromatic N) is 4. The molecule has 2 aromatic heterocycles. The summed E-state index contributed by atoms with van der Waals surface area (Å²) < 4.78 is 71.5. The number of carbonyl (C=O) groups excluding carboxylic acids is 1. The number of anilines is 1. The molecule has 0 saturated heterocycles. The zero-order chi connectivity index (χ0) is 29.3. The maximum absolute atomic E-state index is 13.3. The van der Waals surface area contributed by atoms with Crippen LogP contribution in [0.1, 0.15) is 23.9 Å². The number of amides is 1. The third kappa shape index (κ3) is 5.70. The van der Waals surface area contributed by atoms with Gasteiger partial charge >= 0.3 is 12.3 Å². The van der Waals surface area contributed by atoms with Crippen molar-refractivity contribution in [1.82, 2.24) is 14.5 Å². The molecule has 1 amide bonds. The molecule has 0 radical (unpaired) electrons. The van der Waals surface area contributed by atoms with Crippen LogP contribution in [-0.2, 0) is 34.6 Å². The first kappa shape index (κ1) is 28.4. The summed E-state index contributed by atoms with van der Waals surface area (Å²) in [5.74, 6) is 0.563. The normalized spacial score (nSPS) is 11.9.